The summed E-state index contributed by atoms with van der Waals surface area (Å²) in [4.78, 5) is 0. The molecule has 0 aliphatic heterocycles. The van der Waals surface area contributed by atoms with Crippen molar-refractivity contribution in [1.29, 1.82) is 0 Å². The van der Waals surface area contributed by atoms with E-state index in [0.717, 1.165) is 5.56 Å². The van der Waals surface area contributed by atoms with Crippen LogP contribution in [0.2, 0.25) is 0 Å². The van der Waals surface area contributed by atoms with Crippen molar-refractivity contribution in [3.8, 4) is 5.75 Å². The number of aliphatic hydroxyl groups excluding tert-OH is 1. The molecule has 0 heterocycles. The van der Waals surface area contributed by atoms with Crippen LogP contribution in [0.5, 0.6) is 5.75 Å². The first kappa shape index (κ1) is 14.5. The average Bonchev–Trinajstić information content (AvgIpc) is 2.43. The van der Waals surface area contributed by atoms with Gasteiger partial charge in [0.15, 0.2) is 11.6 Å². The number of aliphatic hydroxyl groups is 1. The summed E-state index contributed by atoms with van der Waals surface area (Å²) in [7, 11) is 1.41. The van der Waals surface area contributed by atoms with E-state index < -0.39 is 11.9 Å². The highest BCUT2D eigenvalue weighted by Gasteiger charge is 2.12. The molecule has 2 aromatic rings. The maximum absolute atomic E-state index is 13.4. The first-order chi connectivity index (χ1) is 9.51. The summed E-state index contributed by atoms with van der Waals surface area (Å²) in [6, 6.07) is 10.6. The Hall–Kier alpha value is -1.87. The number of methoxy groups -OCH3 is 1. The number of halogens is 1. The highest BCUT2D eigenvalue weighted by Crippen LogP contribution is 2.25. The minimum Gasteiger partial charge on any atom is -0.494 e. The van der Waals surface area contributed by atoms with E-state index in [1.54, 1.807) is 12.1 Å². The monoisotopic (exact) mass is 274 g/mol. The van der Waals surface area contributed by atoms with E-state index >= 15 is 0 Å². The van der Waals surface area contributed by atoms with E-state index in [1.807, 2.05) is 19.1 Å². The largest absolute Gasteiger partial charge is 0.494 e. The van der Waals surface area contributed by atoms with E-state index in [0.29, 0.717) is 12.0 Å². The zero-order valence-corrected chi connectivity index (χ0v) is 12.0. The van der Waals surface area contributed by atoms with E-state index in [1.165, 1.54) is 24.3 Å². The number of hydrogen-bond donors (Lipinski definition) is 1. The third kappa shape index (κ3) is 3.17. The van der Waals surface area contributed by atoms with Crippen molar-refractivity contribution in [2.24, 2.45) is 0 Å². The zero-order valence-electron chi connectivity index (χ0n) is 12.0. The number of aryl methyl sites for hydroxylation is 2. The van der Waals surface area contributed by atoms with Crippen LogP contribution in [0.25, 0.3) is 0 Å². The molecule has 0 radical (unpaired) electrons. The van der Waals surface area contributed by atoms with E-state index in [4.69, 9.17) is 4.74 Å². The highest BCUT2D eigenvalue weighted by atomic mass is 19.1. The number of rotatable bonds is 4. The Bertz CT molecular complexity index is 608. The van der Waals surface area contributed by atoms with Crippen LogP contribution in [0.1, 0.15) is 28.4 Å². The molecule has 0 saturated heterocycles. The molecule has 2 nitrogen and oxygen atoms in total. The van der Waals surface area contributed by atoms with Crippen molar-refractivity contribution in [3.05, 3.63) is 64.5 Å². The number of hydrogen-bond acceptors (Lipinski definition) is 2. The van der Waals surface area contributed by atoms with Gasteiger partial charge in [-0.3, -0.25) is 0 Å². The molecule has 1 N–H and O–H groups in total. The molecule has 3 heteroatoms. The standard InChI is InChI=1S/C17H19FO2/c1-11-4-5-13(8-12(11)2)9-16(19)14-6-7-15(18)17(10-14)20-3/h4-8,10,16,19H,9H2,1-3H3. The summed E-state index contributed by atoms with van der Waals surface area (Å²) in [5.74, 6) is -0.267. The molecule has 0 bridgehead atoms. The second-order valence-electron chi connectivity index (χ2n) is 5.03. The fraction of sp³-hybridized carbons (Fsp3) is 0.294. The second-order valence-corrected chi connectivity index (χ2v) is 5.03. The maximum Gasteiger partial charge on any atom is 0.165 e. The lowest BCUT2D eigenvalue weighted by Gasteiger charge is -2.13. The number of ether oxygens (including phenoxy) is 1. The van der Waals surface area contributed by atoms with Crippen LogP contribution >= 0.6 is 0 Å². The fourth-order valence-corrected chi connectivity index (χ4v) is 2.16. The van der Waals surface area contributed by atoms with Gasteiger partial charge >= 0.3 is 0 Å². The summed E-state index contributed by atoms with van der Waals surface area (Å²) in [6.45, 7) is 4.10. The van der Waals surface area contributed by atoms with Crippen molar-refractivity contribution in [3.63, 3.8) is 0 Å². The van der Waals surface area contributed by atoms with Gasteiger partial charge in [-0.15, -0.1) is 0 Å². The minimum atomic E-state index is -0.674. The van der Waals surface area contributed by atoms with Gasteiger partial charge in [-0.1, -0.05) is 24.3 Å². The highest BCUT2D eigenvalue weighted by molar-refractivity contribution is 5.34. The molecule has 0 saturated carbocycles. The van der Waals surface area contributed by atoms with Gasteiger partial charge in [0.1, 0.15) is 0 Å². The maximum atomic E-state index is 13.4. The van der Waals surface area contributed by atoms with Crippen molar-refractivity contribution in [2.75, 3.05) is 7.11 Å². The Morgan fingerprint density at radius 1 is 1.10 bits per heavy atom. The molecule has 20 heavy (non-hydrogen) atoms. The number of benzene rings is 2. The third-order valence-electron chi connectivity index (χ3n) is 3.56. The van der Waals surface area contributed by atoms with Gasteiger partial charge in [0.05, 0.1) is 13.2 Å². The van der Waals surface area contributed by atoms with Gasteiger partial charge in [0, 0.05) is 6.42 Å². The van der Waals surface area contributed by atoms with Gasteiger partial charge < -0.3 is 9.84 Å². The molecule has 0 aromatic heterocycles. The van der Waals surface area contributed by atoms with Gasteiger partial charge in [-0.05, 0) is 48.2 Å². The Kier molecular flexibility index (Phi) is 4.40. The van der Waals surface area contributed by atoms with Crippen LogP contribution in [-0.4, -0.2) is 12.2 Å². The molecule has 0 fully saturated rings. The molecule has 0 amide bonds. The molecule has 2 rings (SSSR count). The Balaban J connectivity index is 2.19. The Morgan fingerprint density at radius 3 is 2.50 bits per heavy atom. The summed E-state index contributed by atoms with van der Waals surface area (Å²) < 4.78 is 18.3. The van der Waals surface area contributed by atoms with Gasteiger partial charge in [0.25, 0.3) is 0 Å². The lowest BCUT2D eigenvalue weighted by atomic mass is 9.98. The lowest BCUT2D eigenvalue weighted by Crippen LogP contribution is -2.03. The molecule has 0 aliphatic rings. The Morgan fingerprint density at radius 2 is 1.85 bits per heavy atom. The minimum absolute atomic E-state index is 0.154. The smallest absolute Gasteiger partial charge is 0.165 e. The van der Waals surface area contributed by atoms with E-state index in [-0.39, 0.29) is 5.75 Å². The first-order valence-corrected chi connectivity index (χ1v) is 6.59. The molecule has 0 spiro atoms. The van der Waals surface area contributed by atoms with Gasteiger partial charge in [-0.25, -0.2) is 4.39 Å². The second kappa shape index (κ2) is 6.06. The molecule has 2 aromatic carbocycles. The predicted molar refractivity (Wildman–Crippen MR) is 77.5 cm³/mol. The summed E-state index contributed by atoms with van der Waals surface area (Å²) in [5.41, 5.74) is 4.14. The molecular formula is C17H19FO2. The zero-order chi connectivity index (χ0) is 14.7. The summed E-state index contributed by atoms with van der Waals surface area (Å²) >= 11 is 0. The third-order valence-corrected chi connectivity index (χ3v) is 3.56. The van der Waals surface area contributed by atoms with Crippen molar-refractivity contribution in [2.45, 2.75) is 26.4 Å². The average molecular weight is 274 g/mol. The van der Waals surface area contributed by atoms with Gasteiger partial charge in [-0.2, -0.15) is 0 Å². The predicted octanol–water partition coefficient (Wildman–Crippen LogP) is 3.73. The van der Waals surface area contributed by atoms with Crippen LogP contribution in [-0.2, 0) is 6.42 Å². The summed E-state index contributed by atoms with van der Waals surface area (Å²) in [6.07, 6.45) is -0.178. The van der Waals surface area contributed by atoms with E-state index in [9.17, 15) is 9.50 Å². The van der Waals surface area contributed by atoms with Crippen molar-refractivity contribution in [1.82, 2.24) is 0 Å². The molecular weight excluding hydrogens is 255 g/mol. The topological polar surface area (TPSA) is 29.5 Å². The Labute approximate surface area is 118 Å². The van der Waals surface area contributed by atoms with E-state index in [2.05, 4.69) is 13.0 Å². The SMILES string of the molecule is COc1cc(C(O)Cc2ccc(C)c(C)c2)ccc1F. The van der Waals surface area contributed by atoms with Crippen LogP contribution in [0, 0.1) is 19.7 Å². The van der Waals surface area contributed by atoms with Crippen molar-refractivity contribution < 1.29 is 14.2 Å². The summed E-state index contributed by atoms with van der Waals surface area (Å²) in [5, 5.41) is 10.3. The lowest BCUT2D eigenvalue weighted by molar-refractivity contribution is 0.178. The molecule has 1 unspecified atom stereocenters. The fourth-order valence-electron chi connectivity index (χ4n) is 2.16. The first-order valence-electron chi connectivity index (χ1n) is 6.59. The van der Waals surface area contributed by atoms with Gasteiger partial charge in [0.2, 0.25) is 0 Å². The molecule has 106 valence electrons. The van der Waals surface area contributed by atoms with Crippen LogP contribution in [0.15, 0.2) is 36.4 Å². The molecule has 1 atom stereocenters. The molecule has 0 aliphatic carbocycles. The normalized spacial score (nSPS) is 12.2. The van der Waals surface area contributed by atoms with Crippen molar-refractivity contribution >= 4 is 0 Å². The van der Waals surface area contributed by atoms with Crippen LogP contribution in [0.3, 0.4) is 0 Å². The van der Waals surface area contributed by atoms with Crippen LogP contribution in [0.4, 0.5) is 4.39 Å². The quantitative estimate of drug-likeness (QED) is 0.920. The van der Waals surface area contributed by atoms with Crippen LogP contribution < -0.4 is 4.74 Å².